The van der Waals surface area contributed by atoms with Crippen LogP contribution in [0, 0.1) is 13.8 Å². The summed E-state index contributed by atoms with van der Waals surface area (Å²) in [5, 5.41) is 6.29. The molecule has 0 radical (unpaired) electrons. The molecule has 2 amide bonds. The molecule has 0 saturated carbocycles. The summed E-state index contributed by atoms with van der Waals surface area (Å²) in [6, 6.07) is 20.1. The maximum Gasteiger partial charge on any atom is 0.255 e. The zero-order chi connectivity index (χ0) is 20.8. The van der Waals surface area contributed by atoms with Gasteiger partial charge in [-0.05, 0) is 73.5 Å². The number of nitrogens with one attached hydrogen (secondary N) is 2. The maximum atomic E-state index is 12.4. The van der Waals surface area contributed by atoms with Gasteiger partial charge in [0.25, 0.3) is 5.91 Å². The Kier molecular flexibility index (Phi) is 6.96. The van der Waals surface area contributed by atoms with Crippen molar-refractivity contribution < 1.29 is 9.59 Å². The van der Waals surface area contributed by atoms with Crippen molar-refractivity contribution >= 4 is 46.6 Å². The van der Waals surface area contributed by atoms with E-state index in [4.69, 9.17) is 11.6 Å². The van der Waals surface area contributed by atoms with Gasteiger partial charge in [-0.25, -0.2) is 0 Å². The summed E-state index contributed by atoms with van der Waals surface area (Å²) in [6.07, 6.45) is 0. The summed E-state index contributed by atoms with van der Waals surface area (Å²) < 4.78 is 0. The SMILES string of the molecule is Cc1cc(C)cc(NC(=O)CSc2cccc(NC(=O)c3cccc(Cl)c3)c2)c1. The molecular formula is C23H21ClN2O2S. The first-order valence-corrected chi connectivity index (χ1v) is 10.4. The van der Waals surface area contributed by atoms with Gasteiger partial charge in [-0.2, -0.15) is 0 Å². The van der Waals surface area contributed by atoms with Gasteiger partial charge in [-0.3, -0.25) is 9.59 Å². The zero-order valence-corrected chi connectivity index (χ0v) is 17.7. The minimum absolute atomic E-state index is 0.0756. The molecule has 0 saturated heterocycles. The van der Waals surface area contributed by atoms with Crippen LogP contribution in [0.25, 0.3) is 0 Å². The van der Waals surface area contributed by atoms with E-state index in [1.807, 2.05) is 50.2 Å². The number of carbonyl (C=O) groups is 2. The Morgan fingerprint density at radius 3 is 2.31 bits per heavy atom. The normalized spacial score (nSPS) is 10.4. The Hall–Kier alpha value is -2.76. The lowest BCUT2D eigenvalue weighted by Gasteiger charge is -2.09. The molecule has 0 aliphatic carbocycles. The van der Waals surface area contributed by atoms with Crippen molar-refractivity contribution in [3.63, 3.8) is 0 Å². The van der Waals surface area contributed by atoms with E-state index in [9.17, 15) is 9.59 Å². The van der Waals surface area contributed by atoms with Crippen LogP contribution in [0.1, 0.15) is 21.5 Å². The average molecular weight is 425 g/mol. The first kappa shape index (κ1) is 21.0. The number of rotatable bonds is 6. The molecule has 2 N–H and O–H groups in total. The fraction of sp³-hybridized carbons (Fsp3) is 0.130. The second-order valence-electron chi connectivity index (χ2n) is 6.71. The zero-order valence-electron chi connectivity index (χ0n) is 16.2. The number of amides is 2. The van der Waals surface area contributed by atoms with Crippen LogP contribution in [0.2, 0.25) is 5.02 Å². The molecule has 29 heavy (non-hydrogen) atoms. The smallest absolute Gasteiger partial charge is 0.255 e. The molecule has 0 aliphatic heterocycles. The number of carbonyl (C=O) groups excluding carboxylic acids is 2. The molecule has 0 bridgehead atoms. The molecule has 6 heteroatoms. The van der Waals surface area contributed by atoms with Gasteiger partial charge in [0.2, 0.25) is 5.91 Å². The average Bonchev–Trinajstić information content (AvgIpc) is 2.66. The molecule has 0 fully saturated rings. The largest absolute Gasteiger partial charge is 0.325 e. The monoisotopic (exact) mass is 424 g/mol. The second kappa shape index (κ2) is 9.63. The predicted molar refractivity (Wildman–Crippen MR) is 121 cm³/mol. The van der Waals surface area contributed by atoms with Gasteiger partial charge in [0.1, 0.15) is 0 Å². The topological polar surface area (TPSA) is 58.2 Å². The standard InChI is InChI=1S/C23H21ClN2O2S/c1-15-9-16(2)11-20(10-15)25-22(27)14-29-21-8-4-7-19(13-21)26-23(28)17-5-3-6-18(24)12-17/h3-13H,14H2,1-2H3,(H,25,27)(H,26,28). The minimum Gasteiger partial charge on any atom is -0.325 e. The number of hydrogen-bond donors (Lipinski definition) is 2. The van der Waals surface area contributed by atoms with E-state index >= 15 is 0 Å². The summed E-state index contributed by atoms with van der Waals surface area (Å²) >= 11 is 7.35. The van der Waals surface area contributed by atoms with Crippen molar-refractivity contribution in [2.45, 2.75) is 18.7 Å². The third kappa shape index (κ3) is 6.38. The van der Waals surface area contributed by atoms with Crippen molar-refractivity contribution in [3.8, 4) is 0 Å². The van der Waals surface area contributed by atoms with Crippen molar-refractivity contribution in [1.82, 2.24) is 0 Å². The summed E-state index contributed by atoms with van der Waals surface area (Å²) in [5.74, 6) is -0.0332. The lowest BCUT2D eigenvalue weighted by atomic mass is 10.1. The molecule has 0 aliphatic rings. The highest BCUT2D eigenvalue weighted by atomic mass is 35.5. The maximum absolute atomic E-state index is 12.4. The summed E-state index contributed by atoms with van der Waals surface area (Å²) in [5.41, 5.74) is 4.17. The molecule has 4 nitrogen and oxygen atoms in total. The molecular weight excluding hydrogens is 404 g/mol. The van der Waals surface area contributed by atoms with Crippen LogP contribution >= 0.6 is 23.4 Å². The Balaban J connectivity index is 1.58. The second-order valence-corrected chi connectivity index (χ2v) is 8.19. The van der Waals surface area contributed by atoms with E-state index in [-0.39, 0.29) is 17.6 Å². The number of hydrogen-bond acceptors (Lipinski definition) is 3. The van der Waals surface area contributed by atoms with Gasteiger partial charge < -0.3 is 10.6 Å². The molecule has 3 rings (SSSR count). The quantitative estimate of drug-likeness (QED) is 0.481. The van der Waals surface area contributed by atoms with Crippen LogP contribution in [0.15, 0.2) is 71.6 Å². The molecule has 0 aromatic heterocycles. The minimum atomic E-state index is -0.234. The van der Waals surface area contributed by atoms with Crippen molar-refractivity contribution in [2.75, 3.05) is 16.4 Å². The van der Waals surface area contributed by atoms with Crippen molar-refractivity contribution in [2.24, 2.45) is 0 Å². The van der Waals surface area contributed by atoms with Gasteiger partial charge in [-0.15, -0.1) is 11.8 Å². The number of halogens is 1. The van der Waals surface area contributed by atoms with Gasteiger partial charge >= 0.3 is 0 Å². The first-order chi connectivity index (χ1) is 13.9. The summed E-state index contributed by atoms with van der Waals surface area (Å²) in [7, 11) is 0. The van der Waals surface area contributed by atoms with E-state index in [0.717, 1.165) is 21.7 Å². The molecule has 0 atom stereocenters. The van der Waals surface area contributed by atoms with Crippen LogP contribution < -0.4 is 10.6 Å². The van der Waals surface area contributed by atoms with Crippen molar-refractivity contribution in [3.05, 3.63) is 88.4 Å². The van der Waals surface area contributed by atoms with Crippen molar-refractivity contribution in [1.29, 1.82) is 0 Å². The number of aryl methyl sites for hydroxylation is 2. The third-order valence-corrected chi connectivity index (χ3v) is 5.28. The molecule has 0 unspecified atom stereocenters. The Bertz CT molecular complexity index is 1030. The molecule has 148 valence electrons. The molecule has 3 aromatic rings. The van der Waals surface area contributed by atoms with E-state index in [1.54, 1.807) is 24.3 Å². The Morgan fingerprint density at radius 1 is 0.862 bits per heavy atom. The van der Waals surface area contributed by atoms with Crippen LogP contribution in [-0.4, -0.2) is 17.6 Å². The van der Waals surface area contributed by atoms with Crippen LogP contribution in [0.3, 0.4) is 0 Å². The van der Waals surface area contributed by atoms with E-state index in [0.29, 0.717) is 16.3 Å². The van der Waals surface area contributed by atoms with Gasteiger partial charge in [0.05, 0.1) is 5.75 Å². The predicted octanol–water partition coefficient (Wildman–Crippen LogP) is 5.94. The molecule has 0 heterocycles. The fourth-order valence-corrected chi connectivity index (χ4v) is 3.83. The van der Waals surface area contributed by atoms with Crippen LogP contribution in [0.5, 0.6) is 0 Å². The highest BCUT2D eigenvalue weighted by molar-refractivity contribution is 8.00. The third-order valence-electron chi connectivity index (χ3n) is 4.05. The van der Waals surface area contributed by atoms with Gasteiger partial charge in [0, 0.05) is 26.9 Å². The molecule has 0 spiro atoms. The highest BCUT2D eigenvalue weighted by Crippen LogP contribution is 2.23. The Labute approximate surface area is 179 Å². The number of anilines is 2. The lowest BCUT2D eigenvalue weighted by Crippen LogP contribution is -2.14. The lowest BCUT2D eigenvalue weighted by molar-refractivity contribution is -0.113. The van der Waals surface area contributed by atoms with Gasteiger partial charge in [0.15, 0.2) is 0 Å². The van der Waals surface area contributed by atoms with E-state index < -0.39 is 0 Å². The van der Waals surface area contributed by atoms with Gasteiger partial charge in [-0.1, -0.05) is 29.8 Å². The highest BCUT2D eigenvalue weighted by Gasteiger charge is 2.08. The number of thioether (sulfide) groups is 1. The van der Waals surface area contributed by atoms with E-state index in [2.05, 4.69) is 16.7 Å². The Morgan fingerprint density at radius 2 is 1.59 bits per heavy atom. The summed E-state index contributed by atoms with van der Waals surface area (Å²) in [4.78, 5) is 25.5. The summed E-state index contributed by atoms with van der Waals surface area (Å²) in [6.45, 7) is 4.00. The number of benzene rings is 3. The van der Waals surface area contributed by atoms with Crippen LogP contribution in [0.4, 0.5) is 11.4 Å². The molecule has 3 aromatic carbocycles. The van der Waals surface area contributed by atoms with E-state index in [1.165, 1.54) is 11.8 Å². The fourth-order valence-electron chi connectivity index (χ4n) is 2.89. The first-order valence-electron chi connectivity index (χ1n) is 9.07. The van der Waals surface area contributed by atoms with Crippen LogP contribution in [-0.2, 0) is 4.79 Å².